The molecular weight excluding hydrogens is 732 g/mol. The second kappa shape index (κ2) is 15.7. The molecule has 6 rings (SSSR count). The average molecular weight is 773 g/mol. The highest BCUT2D eigenvalue weighted by atomic mass is 16.7. The first-order valence-corrected chi connectivity index (χ1v) is 16.5. The van der Waals surface area contributed by atoms with Crippen LogP contribution < -0.4 is 14.9 Å². The molecule has 3 aliphatic heterocycles. The molecule has 4 heterocycles. The Morgan fingerprint density at radius 1 is 0.648 bits per heavy atom. The molecule has 0 unspecified atom stereocenters. The molecule has 3 aliphatic rings. The van der Waals surface area contributed by atoms with Gasteiger partial charge in [-0.3, -0.25) is 4.79 Å². The lowest BCUT2D eigenvalue weighted by molar-refractivity contribution is -0.318. The Kier molecular flexibility index (Phi) is 11.5. The number of phenolic OH excluding ortho intramolecular Hbond substituents is 3. The Balaban J connectivity index is 1.31. The summed E-state index contributed by atoms with van der Waals surface area (Å²) in [5.41, 5.74) is -1.62. The average Bonchev–Trinajstić information content (AvgIpc) is 3.13. The Bertz CT molecular complexity index is 1850. The Morgan fingerprint density at radius 3 is 1.89 bits per heavy atom. The van der Waals surface area contributed by atoms with E-state index in [-0.39, 0.29) is 16.9 Å². The van der Waals surface area contributed by atoms with Crippen LogP contribution in [-0.4, -0.2) is 172 Å². The lowest BCUT2D eigenvalue weighted by Gasteiger charge is -2.42. The molecule has 298 valence electrons. The summed E-state index contributed by atoms with van der Waals surface area (Å²) >= 11 is 0. The van der Waals surface area contributed by atoms with Gasteiger partial charge >= 0.3 is 0 Å². The van der Waals surface area contributed by atoms with Gasteiger partial charge in [-0.05, 0) is 25.1 Å². The van der Waals surface area contributed by atoms with Crippen LogP contribution in [0.25, 0.3) is 22.3 Å². The third-order valence-electron chi connectivity index (χ3n) is 9.37. The van der Waals surface area contributed by atoms with Crippen molar-refractivity contribution in [1.29, 1.82) is 0 Å². The number of aliphatic hydroxyl groups excluding tert-OH is 10. The van der Waals surface area contributed by atoms with Gasteiger partial charge in [-0.25, -0.2) is 0 Å². The number of hydrogen-bond donors (Lipinski definition) is 13. The fourth-order valence-electron chi connectivity index (χ4n) is 6.22. The number of ether oxygens (including phenoxy) is 6. The number of aromatic hydroxyl groups is 3. The molecule has 0 aliphatic carbocycles. The third kappa shape index (κ3) is 7.39. The van der Waals surface area contributed by atoms with Crippen molar-refractivity contribution in [2.45, 2.75) is 99.0 Å². The minimum Gasteiger partial charge on any atom is -0.508 e. The predicted molar refractivity (Wildman–Crippen MR) is 173 cm³/mol. The fraction of sp³-hybridized carbons (Fsp3) is 0.545. The first-order chi connectivity index (χ1) is 25.5. The van der Waals surface area contributed by atoms with Gasteiger partial charge in [-0.15, -0.1) is 0 Å². The first-order valence-electron chi connectivity index (χ1n) is 16.5. The topological polar surface area (TPSA) is 349 Å². The maximum atomic E-state index is 13.9. The van der Waals surface area contributed by atoms with Crippen molar-refractivity contribution in [3.05, 3.63) is 40.6 Å². The van der Waals surface area contributed by atoms with Crippen molar-refractivity contribution in [1.82, 2.24) is 0 Å². The highest BCUT2D eigenvalue weighted by Crippen LogP contribution is 2.40. The molecule has 15 atom stereocenters. The molecule has 0 radical (unpaired) electrons. The second-order valence-corrected chi connectivity index (χ2v) is 13.1. The molecular formula is C33H40O21. The highest BCUT2D eigenvalue weighted by Gasteiger charge is 2.48. The van der Waals surface area contributed by atoms with E-state index >= 15 is 0 Å². The summed E-state index contributed by atoms with van der Waals surface area (Å²) in [6.07, 6.45) is -25.1. The summed E-state index contributed by atoms with van der Waals surface area (Å²) in [4.78, 5) is 13.9. The molecule has 54 heavy (non-hydrogen) atoms. The smallest absolute Gasteiger partial charge is 0.239 e. The van der Waals surface area contributed by atoms with Gasteiger partial charge in [-0.2, -0.15) is 0 Å². The summed E-state index contributed by atoms with van der Waals surface area (Å²) < 4.78 is 38.9. The molecule has 0 saturated carbocycles. The Labute approximate surface area is 303 Å². The van der Waals surface area contributed by atoms with Crippen molar-refractivity contribution in [2.24, 2.45) is 0 Å². The summed E-state index contributed by atoms with van der Waals surface area (Å²) in [5.74, 6) is -3.59. The summed E-state index contributed by atoms with van der Waals surface area (Å²) in [6, 6.07) is 5.11. The minimum atomic E-state index is -2.05. The van der Waals surface area contributed by atoms with Gasteiger partial charge in [0.15, 0.2) is 23.5 Å². The molecule has 21 nitrogen and oxygen atoms in total. The summed E-state index contributed by atoms with van der Waals surface area (Å²) in [7, 11) is 0. The number of aliphatic hydroxyl groups is 10. The van der Waals surface area contributed by atoms with Gasteiger partial charge in [0, 0.05) is 17.7 Å². The van der Waals surface area contributed by atoms with E-state index in [0.717, 1.165) is 24.3 Å². The monoisotopic (exact) mass is 772 g/mol. The van der Waals surface area contributed by atoms with Crippen LogP contribution in [0.15, 0.2) is 39.5 Å². The molecule has 1 aromatic heterocycles. The van der Waals surface area contributed by atoms with Crippen molar-refractivity contribution >= 4 is 11.0 Å². The van der Waals surface area contributed by atoms with E-state index in [9.17, 15) is 71.2 Å². The first kappa shape index (κ1) is 39.8. The van der Waals surface area contributed by atoms with Gasteiger partial charge in [0.25, 0.3) is 0 Å². The molecule has 3 fully saturated rings. The zero-order chi connectivity index (χ0) is 39.3. The Morgan fingerprint density at radius 2 is 1.24 bits per heavy atom. The standard InChI is InChI=1S/C33H40O21/c1-9-19(38)23(42)26(45)31(49-9)48-8-17-21(40)25(44)28(47)33(53-17)54-30-22(41)18-13(37)5-11(35)6-15(18)50-29(30)10-2-3-14(12(36)4-10)51-32-27(46)24(43)20(39)16(7-34)52-32/h2-6,9,16-17,19-21,23-28,31-40,42-47H,7-8H2,1H3/t9-,16+,17+,19-,20+,21+,23+,24-,25-,26+,27+,28+,31+,32+,33-/m0/s1. The van der Waals surface area contributed by atoms with Crippen LogP contribution in [0.2, 0.25) is 0 Å². The predicted octanol–water partition coefficient (Wildman–Crippen LogP) is -4.21. The zero-order valence-electron chi connectivity index (χ0n) is 28.0. The van der Waals surface area contributed by atoms with E-state index in [0.29, 0.717) is 0 Å². The SMILES string of the molecule is C[C@@H]1O[C@@H](OC[C@H]2O[C@@H](Oc3c(-c4ccc(O[C@@H]5O[C@H](CO)[C@@H](O)[C@H](O)[C@H]5O)c(O)c4)oc4cc(O)cc(O)c4c3=O)[C@H](O)[C@@H](O)[C@@H]2O)[C@H](O)[C@H](O)[C@H]1O. The molecule has 0 amide bonds. The number of fused-ring (bicyclic) bond motifs is 1. The molecule has 2 aromatic carbocycles. The van der Waals surface area contributed by atoms with Gasteiger partial charge in [0.1, 0.15) is 89.6 Å². The van der Waals surface area contributed by atoms with Crippen LogP contribution in [0.1, 0.15) is 6.92 Å². The number of hydrogen-bond acceptors (Lipinski definition) is 21. The maximum absolute atomic E-state index is 13.9. The van der Waals surface area contributed by atoms with Crippen LogP contribution >= 0.6 is 0 Å². The Hall–Kier alpha value is -3.91. The third-order valence-corrected chi connectivity index (χ3v) is 9.37. The maximum Gasteiger partial charge on any atom is 0.239 e. The van der Waals surface area contributed by atoms with Crippen LogP contribution in [0, 0.1) is 0 Å². The van der Waals surface area contributed by atoms with E-state index in [1.54, 1.807) is 0 Å². The second-order valence-electron chi connectivity index (χ2n) is 13.1. The lowest BCUT2D eigenvalue weighted by atomic mass is 9.98. The summed E-state index contributed by atoms with van der Waals surface area (Å²) in [6.45, 7) is -0.0102. The van der Waals surface area contributed by atoms with Crippen LogP contribution in [0.4, 0.5) is 0 Å². The number of phenols is 3. The van der Waals surface area contributed by atoms with Crippen molar-refractivity contribution in [3.63, 3.8) is 0 Å². The van der Waals surface area contributed by atoms with E-state index in [4.69, 9.17) is 32.8 Å². The van der Waals surface area contributed by atoms with E-state index in [1.807, 2.05) is 0 Å². The van der Waals surface area contributed by atoms with Crippen LogP contribution in [-0.2, 0) is 18.9 Å². The quantitative estimate of drug-likeness (QED) is 0.0980. The van der Waals surface area contributed by atoms with Crippen molar-refractivity contribution in [3.8, 4) is 40.1 Å². The van der Waals surface area contributed by atoms with Gasteiger partial charge in [-0.1, -0.05) is 0 Å². The fourth-order valence-corrected chi connectivity index (χ4v) is 6.22. The van der Waals surface area contributed by atoms with Crippen LogP contribution in [0.5, 0.6) is 28.7 Å². The lowest BCUT2D eigenvalue weighted by Crippen LogP contribution is -2.61. The molecule has 3 saturated heterocycles. The summed E-state index contributed by atoms with van der Waals surface area (Å²) in [5, 5.41) is 134. The number of rotatable bonds is 9. The van der Waals surface area contributed by atoms with E-state index < -0.39 is 145 Å². The van der Waals surface area contributed by atoms with E-state index in [1.165, 1.54) is 13.0 Å². The van der Waals surface area contributed by atoms with Crippen molar-refractivity contribution in [2.75, 3.05) is 13.2 Å². The molecule has 0 spiro atoms. The molecule has 3 aromatic rings. The van der Waals surface area contributed by atoms with Gasteiger partial charge < -0.3 is 99.2 Å². The van der Waals surface area contributed by atoms with Gasteiger partial charge in [0.05, 0.1) is 19.3 Å². The largest absolute Gasteiger partial charge is 0.508 e. The van der Waals surface area contributed by atoms with Gasteiger partial charge in [0.2, 0.25) is 23.8 Å². The van der Waals surface area contributed by atoms with Crippen LogP contribution in [0.3, 0.4) is 0 Å². The highest BCUT2D eigenvalue weighted by molar-refractivity contribution is 5.88. The molecule has 0 bridgehead atoms. The molecule has 13 N–H and O–H groups in total. The normalized spacial score (nSPS) is 37.3. The minimum absolute atomic E-state index is 0.144. The zero-order valence-corrected chi connectivity index (χ0v) is 28.0. The number of benzene rings is 2. The molecule has 21 heteroatoms. The van der Waals surface area contributed by atoms with Crippen molar-refractivity contribution < 1.29 is 99.2 Å². The van der Waals surface area contributed by atoms with E-state index in [2.05, 4.69) is 0 Å².